The van der Waals surface area contributed by atoms with Crippen molar-refractivity contribution in [3.63, 3.8) is 0 Å². The molecule has 8 rings (SSSR count). The molecule has 5 heterocycles. The van der Waals surface area contributed by atoms with Crippen LogP contribution in [0.2, 0.25) is 10.0 Å². The first-order valence-corrected chi connectivity index (χ1v) is 15.3. The highest BCUT2D eigenvalue weighted by atomic mass is 35.5. The molecule has 4 aliphatic rings. The van der Waals surface area contributed by atoms with Crippen LogP contribution in [0.3, 0.4) is 0 Å². The van der Waals surface area contributed by atoms with Crippen LogP contribution in [0.25, 0.3) is 11.0 Å². The van der Waals surface area contributed by atoms with E-state index in [0.29, 0.717) is 57.7 Å². The monoisotopic (exact) mass is 620 g/mol. The Kier molecular flexibility index (Phi) is 6.38. The second kappa shape index (κ2) is 10.1. The van der Waals surface area contributed by atoms with E-state index in [1.807, 2.05) is 31.2 Å². The Morgan fingerprint density at radius 1 is 1.14 bits per heavy atom. The number of ether oxygens (including phenoxy) is 4. The normalized spacial score (nSPS) is 27.3. The summed E-state index contributed by atoms with van der Waals surface area (Å²) in [5.74, 6) is 2.52. The minimum atomic E-state index is -1.00. The summed E-state index contributed by atoms with van der Waals surface area (Å²) in [6.07, 6.45) is 2.74. The van der Waals surface area contributed by atoms with Crippen molar-refractivity contribution in [3.05, 3.63) is 81.4 Å². The van der Waals surface area contributed by atoms with Crippen LogP contribution in [0.5, 0.6) is 11.5 Å². The second-order valence-electron chi connectivity index (χ2n) is 12.0. The highest BCUT2D eigenvalue weighted by Crippen LogP contribution is 2.62. The molecule has 3 aliphatic heterocycles. The molecule has 2 aromatic heterocycles. The summed E-state index contributed by atoms with van der Waals surface area (Å²) >= 11 is 12.7. The maximum absolute atomic E-state index is 12.3. The molecule has 2 saturated heterocycles. The molecule has 2 aromatic carbocycles. The van der Waals surface area contributed by atoms with Crippen LogP contribution in [0.1, 0.15) is 46.7 Å². The number of carbonyl (C=O) groups excluding carboxylic acids is 1. The number of nitrogens with zero attached hydrogens (tertiary/aromatic N) is 4. The number of carbonyl (C=O) groups is 1. The SMILES string of the molecule is COC(=O)c1cc(Cl)c2nc(CN3C[C@@H]4C(c5cccc6c5OC(C)(c5ccc(Cl)cn5)O6)[C@@H]4C3)n(CC3CCO3)c2c1. The zero-order valence-corrected chi connectivity index (χ0v) is 25.3. The highest BCUT2D eigenvalue weighted by Gasteiger charge is 2.58. The van der Waals surface area contributed by atoms with Crippen LogP contribution in [0.15, 0.2) is 48.7 Å². The van der Waals surface area contributed by atoms with Gasteiger partial charge in [0.25, 0.3) is 5.79 Å². The van der Waals surface area contributed by atoms with Crippen LogP contribution >= 0.6 is 23.2 Å². The van der Waals surface area contributed by atoms with Gasteiger partial charge in [0.1, 0.15) is 17.0 Å². The Labute approximate surface area is 258 Å². The molecule has 5 atom stereocenters. The fourth-order valence-electron chi connectivity index (χ4n) is 6.99. The first-order valence-electron chi connectivity index (χ1n) is 14.5. The number of likely N-dealkylation sites (tertiary alicyclic amines) is 1. The van der Waals surface area contributed by atoms with Gasteiger partial charge in [0, 0.05) is 38.4 Å². The number of aromatic nitrogens is 3. The zero-order chi connectivity index (χ0) is 29.5. The maximum atomic E-state index is 12.3. The molecule has 222 valence electrons. The third-order valence-electron chi connectivity index (χ3n) is 9.28. The molecule has 0 radical (unpaired) electrons. The number of halogens is 2. The molecule has 3 fully saturated rings. The van der Waals surface area contributed by atoms with E-state index < -0.39 is 11.8 Å². The van der Waals surface area contributed by atoms with Gasteiger partial charge in [-0.2, -0.15) is 0 Å². The van der Waals surface area contributed by atoms with Crippen molar-refractivity contribution in [3.8, 4) is 11.5 Å². The molecule has 9 nitrogen and oxygen atoms in total. The third-order valence-corrected chi connectivity index (χ3v) is 9.80. The molecule has 43 heavy (non-hydrogen) atoms. The van der Waals surface area contributed by atoms with Gasteiger partial charge in [-0.15, -0.1) is 0 Å². The number of imidazole rings is 1. The average Bonchev–Trinajstić information content (AvgIpc) is 3.26. The smallest absolute Gasteiger partial charge is 0.337 e. The summed E-state index contributed by atoms with van der Waals surface area (Å²) in [5, 5.41) is 1.01. The predicted octanol–water partition coefficient (Wildman–Crippen LogP) is 5.80. The van der Waals surface area contributed by atoms with Crippen LogP contribution < -0.4 is 9.47 Å². The van der Waals surface area contributed by atoms with E-state index >= 15 is 0 Å². The Balaban J connectivity index is 1.01. The Bertz CT molecular complexity index is 1740. The summed E-state index contributed by atoms with van der Waals surface area (Å²) < 4.78 is 25.6. The van der Waals surface area contributed by atoms with Crippen LogP contribution in [0, 0.1) is 11.8 Å². The molecule has 1 saturated carbocycles. The standard InChI is InChI=1S/C32H30Cl2N4O5/c1-32(26-7-6-18(33)12-35-26)42-25-5-3-4-20(30(25)43-32)28-21-14-37(15-22(21)28)16-27-36-29-23(34)10-17(31(39)40-2)11-24(29)38(27)13-19-8-9-41-19/h3-7,10-12,19,21-22,28H,8-9,13-16H2,1-2H3/t19?,21-,22+,28?,32?. The molecule has 1 aliphatic carbocycles. The quantitative estimate of drug-likeness (QED) is 0.239. The fraction of sp³-hybridized carbons (Fsp3) is 0.406. The van der Waals surface area contributed by atoms with Gasteiger partial charge in [-0.1, -0.05) is 35.3 Å². The minimum absolute atomic E-state index is 0.129. The number of hydrogen-bond donors (Lipinski definition) is 0. The van der Waals surface area contributed by atoms with Crippen LogP contribution in [-0.4, -0.2) is 58.3 Å². The van der Waals surface area contributed by atoms with E-state index in [1.54, 1.807) is 18.3 Å². The number of fused-ring (bicyclic) bond motifs is 3. The van der Waals surface area contributed by atoms with Crippen LogP contribution in [0.4, 0.5) is 0 Å². The summed E-state index contributed by atoms with van der Waals surface area (Å²) in [6.45, 7) is 5.94. The van der Waals surface area contributed by atoms with Crippen LogP contribution in [-0.2, 0) is 28.4 Å². The van der Waals surface area contributed by atoms with E-state index in [-0.39, 0.29) is 6.10 Å². The summed E-state index contributed by atoms with van der Waals surface area (Å²) in [4.78, 5) is 24.2. The van der Waals surface area contributed by atoms with Crippen molar-refractivity contribution in [1.29, 1.82) is 0 Å². The number of esters is 1. The van der Waals surface area contributed by atoms with Gasteiger partial charge in [-0.3, -0.25) is 9.88 Å². The number of benzene rings is 2. The van der Waals surface area contributed by atoms with Gasteiger partial charge >= 0.3 is 5.97 Å². The number of methoxy groups -OCH3 is 1. The van der Waals surface area contributed by atoms with Crippen molar-refractivity contribution < 1.29 is 23.7 Å². The second-order valence-corrected chi connectivity index (χ2v) is 12.8. The molecular formula is C32H30Cl2N4O5. The summed E-state index contributed by atoms with van der Waals surface area (Å²) in [5.41, 5.74) is 3.81. The number of hydrogen-bond acceptors (Lipinski definition) is 8. The number of para-hydroxylation sites is 1. The molecule has 0 bridgehead atoms. The summed E-state index contributed by atoms with van der Waals surface area (Å²) in [6, 6.07) is 13.3. The minimum Gasteiger partial charge on any atom is -0.465 e. The van der Waals surface area contributed by atoms with E-state index in [9.17, 15) is 4.79 Å². The molecule has 0 N–H and O–H groups in total. The topological polar surface area (TPSA) is 87.9 Å². The number of rotatable bonds is 7. The van der Waals surface area contributed by atoms with Crippen molar-refractivity contribution in [1.82, 2.24) is 19.4 Å². The van der Waals surface area contributed by atoms with E-state index in [0.717, 1.165) is 49.0 Å². The highest BCUT2D eigenvalue weighted by molar-refractivity contribution is 6.35. The molecular weight excluding hydrogens is 591 g/mol. The summed E-state index contributed by atoms with van der Waals surface area (Å²) in [7, 11) is 1.37. The largest absolute Gasteiger partial charge is 0.465 e. The molecule has 3 unspecified atom stereocenters. The first kappa shape index (κ1) is 27.2. The van der Waals surface area contributed by atoms with Gasteiger partial charge in [0.15, 0.2) is 11.5 Å². The van der Waals surface area contributed by atoms with Gasteiger partial charge in [0.05, 0.1) is 47.4 Å². The van der Waals surface area contributed by atoms with Gasteiger partial charge in [-0.25, -0.2) is 9.78 Å². The lowest BCUT2D eigenvalue weighted by molar-refractivity contribution is -0.0721. The molecule has 0 spiro atoms. The Morgan fingerprint density at radius 3 is 2.65 bits per heavy atom. The first-order chi connectivity index (χ1) is 20.8. The van der Waals surface area contributed by atoms with Gasteiger partial charge in [-0.05, 0) is 54.5 Å². The molecule has 11 heteroatoms. The van der Waals surface area contributed by atoms with Crippen molar-refractivity contribution in [2.45, 2.75) is 44.2 Å². The number of piperidine rings is 1. The average molecular weight is 622 g/mol. The lowest BCUT2D eigenvalue weighted by Gasteiger charge is -2.28. The molecule has 0 amide bonds. The lowest BCUT2D eigenvalue weighted by atomic mass is 10.0. The Morgan fingerprint density at radius 2 is 1.95 bits per heavy atom. The zero-order valence-electron chi connectivity index (χ0n) is 23.8. The van der Waals surface area contributed by atoms with E-state index in [1.165, 1.54) is 12.7 Å². The molecule has 4 aromatic rings. The van der Waals surface area contributed by atoms with Crippen molar-refractivity contribution in [2.75, 3.05) is 26.8 Å². The van der Waals surface area contributed by atoms with Gasteiger partial charge in [0.2, 0.25) is 0 Å². The third kappa shape index (κ3) is 4.56. The van der Waals surface area contributed by atoms with Crippen molar-refractivity contribution >= 4 is 40.2 Å². The lowest BCUT2D eigenvalue weighted by Crippen LogP contribution is -2.33. The maximum Gasteiger partial charge on any atom is 0.337 e. The Hall–Kier alpha value is -3.37. The van der Waals surface area contributed by atoms with Crippen molar-refractivity contribution in [2.24, 2.45) is 11.8 Å². The van der Waals surface area contributed by atoms with Gasteiger partial charge < -0.3 is 23.5 Å². The van der Waals surface area contributed by atoms with E-state index in [4.69, 9.17) is 47.1 Å². The predicted molar refractivity (Wildman–Crippen MR) is 160 cm³/mol. The van der Waals surface area contributed by atoms with E-state index in [2.05, 4.69) is 20.5 Å². The number of pyridine rings is 1. The fourth-order valence-corrected chi connectivity index (χ4v) is 7.35.